The van der Waals surface area contributed by atoms with Gasteiger partial charge >= 0.3 is 0 Å². The second-order valence-electron chi connectivity index (χ2n) is 38.4. The zero-order valence-corrected chi connectivity index (χ0v) is 77.0. The first-order valence-corrected chi connectivity index (χ1v) is 47.4. The molecule has 0 unspecified atom stereocenters. The van der Waals surface area contributed by atoms with E-state index in [1.807, 2.05) is 0 Å². The molecule has 136 heavy (non-hydrogen) atoms. The summed E-state index contributed by atoms with van der Waals surface area (Å²) in [4.78, 5) is 14.6. The van der Waals surface area contributed by atoms with Crippen LogP contribution in [0.15, 0.2) is 497 Å². The molecule has 0 aliphatic heterocycles. The van der Waals surface area contributed by atoms with Crippen LogP contribution < -0.4 is 29.4 Å². The highest BCUT2D eigenvalue weighted by atomic mass is 15.2. The molecule has 0 N–H and O–H groups in total. The van der Waals surface area contributed by atoms with Gasteiger partial charge in [-0.05, 0) is 340 Å². The van der Waals surface area contributed by atoms with Gasteiger partial charge in [0, 0.05) is 102 Å². The van der Waals surface area contributed by atoms with Gasteiger partial charge in [-0.15, -0.1) is 0 Å². The Kier molecular flexibility index (Phi) is 20.1. The standard InChI is InChI=1S/C130H100N6/c1-127(2,3)91-62-72-111-112-73-63-92(128(4,5)6)82-120(112)129(119(111)81-91)121-83-105(131(93-39-17-7-18-40-93)94-41-19-8-20-42-94)66-74-113(121)114-78-70-109(87-122(114)129)135(101-55-33-15-34-56-101)103-64-60-89(61-65-103)90-38-37-59-104(80-90)136(102-57-35-16-36-58-102)110-71-79-118-117-77-69-108(134(99-51-29-13-30-52-99)100-53-31-14-32-54-100)86-125(117)130(126(118)88-110)123-84-106(132(95-43-21-9-22-44-95)96-45-23-10-24-46-96)67-75-115(123)116-76-68-107(85-124(116)130)133(97-47-25-11-26-48-97)98-49-27-12-28-50-98/h7-88H,1-6H3. The van der Waals surface area contributed by atoms with Crippen molar-refractivity contribution in [2.75, 3.05) is 29.4 Å². The van der Waals surface area contributed by atoms with E-state index >= 15 is 0 Å². The lowest BCUT2D eigenvalue weighted by Crippen LogP contribution is -2.28. The van der Waals surface area contributed by atoms with Crippen LogP contribution in [0.4, 0.5) is 102 Å². The molecule has 4 aliphatic carbocycles. The first-order valence-electron chi connectivity index (χ1n) is 47.4. The summed E-state index contributed by atoms with van der Waals surface area (Å²) in [6.07, 6.45) is 0. The lowest BCUT2D eigenvalue weighted by Gasteiger charge is -2.35. The Hall–Kier alpha value is -16.8. The molecule has 0 fully saturated rings. The molecule has 0 amide bonds. The fourth-order valence-electron chi connectivity index (χ4n) is 22.2. The minimum absolute atomic E-state index is 0.130. The van der Waals surface area contributed by atoms with Gasteiger partial charge in [-0.3, -0.25) is 0 Å². The van der Waals surface area contributed by atoms with E-state index in [1.165, 1.54) is 100 Å². The van der Waals surface area contributed by atoms with Crippen molar-refractivity contribution in [3.63, 3.8) is 0 Å². The van der Waals surface area contributed by atoms with E-state index in [4.69, 9.17) is 0 Å². The minimum atomic E-state index is -0.937. The molecule has 20 aromatic rings. The fourth-order valence-corrected chi connectivity index (χ4v) is 22.2. The number of benzene rings is 20. The zero-order valence-electron chi connectivity index (χ0n) is 77.0. The molecule has 0 saturated carbocycles. The number of para-hydroxylation sites is 10. The van der Waals surface area contributed by atoms with E-state index in [0.717, 1.165) is 113 Å². The molecule has 4 aliphatic rings. The number of hydrogen-bond acceptors (Lipinski definition) is 6. The minimum Gasteiger partial charge on any atom is -0.310 e. The third-order valence-corrected chi connectivity index (χ3v) is 28.4. The molecule has 24 rings (SSSR count). The molecule has 2 spiro atoms. The summed E-state index contributed by atoms with van der Waals surface area (Å²) in [5.41, 5.74) is 41.8. The summed E-state index contributed by atoms with van der Waals surface area (Å²) in [5.74, 6) is 0. The van der Waals surface area contributed by atoms with E-state index < -0.39 is 10.8 Å². The first kappa shape index (κ1) is 82.4. The quantitative estimate of drug-likeness (QED) is 0.0798. The first-order chi connectivity index (χ1) is 66.7. The van der Waals surface area contributed by atoms with Crippen LogP contribution in [0.2, 0.25) is 0 Å². The maximum atomic E-state index is 2.57. The highest BCUT2D eigenvalue weighted by Gasteiger charge is 2.55. The Labute approximate surface area is 798 Å². The number of fused-ring (bicyclic) bond motifs is 20. The number of rotatable bonds is 19. The van der Waals surface area contributed by atoms with Crippen LogP contribution in [0.25, 0.3) is 55.6 Å². The van der Waals surface area contributed by atoms with Gasteiger partial charge in [-0.25, -0.2) is 0 Å². The van der Waals surface area contributed by atoms with E-state index in [1.54, 1.807) is 0 Å². The van der Waals surface area contributed by atoms with Crippen molar-refractivity contribution in [1.29, 1.82) is 0 Å². The molecule has 0 radical (unpaired) electrons. The zero-order chi connectivity index (χ0) is 91.4. The van der Waals surface area contributed by atoms with Gasteiger partial charge < -0.3 is 29.4 Å². The number of anilines is 18. The summed E-state index contributed by atoms with van der Waals surface area (Å²) >= 11 is 0. The molecule has 650 valence electrons. The van der Waals surface area contributed by atoms with Crippen LogP contribution in [0.3, 0.4) is 0 Å². The highest BCUT2D eigenvalue weighted by molar-refractivity contribution is 6.03. The second kappa shape index (κ2) is 33.2. The lowest BCUT2D eigenvalue weighted by atomic mass is 9.68. The van der Waals surface area contributed by atoms with Crippen molar-refractivity contribution in [3.8, 4) is 55.6 Å². The molecule has 0 heterocycles. The van der Waals surface area contributed by atoms with Crippen molar-refractivity contribution in [1.82, 2.24) is 0 Å². The molecular formula is C130H100N6. The van der Waals surface area contributed by atoms with Gasteiger partial charge in [0.15, 0.2) is 0 Å². The Balaban J connectivity index is 0.674. The summed E-state index contributed by atoms with van der Waals surface area (Å²) in [6.45, 7) is 14.1. The average Bonchev–Trinajstić information content (AvgIpc) is 1.50. The van der Waals surface area contributed by atoms with Crippen LogP contribution in [0.5, 0.6) is 0 Å². The van der Waals surface area contributed by atoms with Crippen LogP contribution >= 0.6 is 0 Å². The lowest BCUT2D eigenvalue weighted by molar-refractivity contribution is 0.586. The Bertz CT molecular complexity index is 7410. The topological polar surface area (TPSA) is 19.4 Å². The van der Waals surface area contributed by atoms with Crippen molar-refractivity contribution >= 4 is 102 Å². The maximum absolute atomic E-state index is 2.57. The number of nitrogens with zero attached hydrogens (tertiary/aromatic N) is 6. The van der Waals surface area contributed by atoms with Crippen molar-refractivity contribution in [2.45, 2.75) is 63.2 Å². The molecule has 0 bridgehead atoms. The van der Waals surface area contributed by atoms with Crippen LogP contribution in [-0.2, 0) is 21.7 Å². The van der Waals surface area contributed by atoms with Gasteiger partial charge in [0.2, 0.25) is 0 Å². The van der Waals surface area contributed by atoms with Gasteiger partial charge in [0.1, 0.15) is 0 Å². The molecule has 0 saturated heterocycles. The summed E-state index contributed by atoms with van der Waals surface area (Å²) < 4.78 is 0. The predicted molar refractivity (Wildman–Crippen MR) is 570 cm³/mol. The molecule has 6 heteroatoms. The Morgan fingerprint density at radius 1 is 0.132 bits per heavy atom. The number of hydrogen-bond donors (Lipinski definition) is 0. The highest BCUT2D eigenvalue weighted by Crippen LogP contribution is 2.68. The van der Waals surface area contributed by atoms with Crippen LogP contribution in [-0.4, -0.2) is 0 Å². The van der Waals surface area contributed by atoms with Crippen molar-refractivity contribution in [3.05, 3.63) is 553 Å². The average molecular weight is 1750 g/mol. The van der Waals surface area contributed by atoms with Crippen molar-refractivity contribution < 1.29 is 0 Å². The van der Waals surface area contributed by atoms with Crippen LogP contribution in [0.1, 0.15) is 97.2 Å². The predicted octanol–water partition coefficient (Wildman–Crippen LogP) is 35.5. The fraction of sp³-hybridized carbons (Fsp3) is 0.0769. The van der Waals surface area contributed by atoms with Crippen LogP contribution in [0, 0.1) is 0 Å². The van der Waals surface area contributed by atoms with E-state index in [-0.39, 0.29) is 10.8 Å². The maximum Gasteiger partial charge on any atom is 0.0728 e. The largest absolute Gasteiger partial charge is 0.310 e. The SMILES string of the molecule is CC(C)(C)c1ccc2c(c1)C1(c3cc(N(c4ccccc4)c4ccccc4)ccc3-c3ccc(N(c4ccccc4)c4ccc(-c5cccc(N(c6ccccc6)c6ccc7c(c6)C6(c8cc(N(c9ccccc9)c9ccccc9)ccc8-c8ccc(N(c9ccccc9)c9ccccc9)cc86)c6cc(N(c8ccccc8)c8ccccc8)ccc6-7)c5)cc4)cc31)c1cc(C(C)(C)C)ccc1-2. The Morgan fingerprint density at radius 3 is 0.500 bits per heavy atom. The second-order valence-corrected chi connectivity index (χ2v) is 38.4. The van der Waals surface area contributed by atoms with Crippen molar-refractivity contribution in [2.24, 2.45) is 0 Å². The van der Waals surface area contributed by atoms with Gasteiger partial charge in [0.25, 0.3) is 0 Å². The summed E-state index contributed by atoms with van der Waals surface area (Å²) in [7, 11) is 0. The Morgan fingerprint density at radius 2 is 0.294 bits per heavy atom. The van der Waals surface area contributed by atoms with Gasteiger partial charge in [0.05, 0.1) is 10.8 Å². The van der Waals surface area contributed by atoms with Gasteiger partial charge in [-0.2, -0.15) is 0 Å². The molecular weight excluding hydrogens is 1650 g/mol. The van der Waals surface area contributed by atoms with E-state index in [0.29, 0.717) is 0 Å². The molecule has 0 aromatic heterocycles. The summed E-state index contributed by atoms with van der Waals surface area (Å²) in [6, 6.07) is 186. The monoisotopic (exact) mass is 1740 g/mol. The normalized spacial score (nSPS) is 12.9. The molecule has 6 nitrogen and oxygen atoms in total. The molecule has 20 aromatic carbocycles. The third kappa shape index (κ3) is 13.8. The van der Waals surface area contributed by atoms with E-state index in [9.17, 15) is 0 Å². The van der Waals surface area contributed by atoms with E-state index in [2.05, 4.69) is 568 Å². The van der Waals surface area contributed by atoms with Gasteiger partial charge in [-0.1, -0.05) is 321 Å². The smallest absolute Gasteiger partial charge is 0.0728 e. The molecule has 0 atom stereocenters. The summed E-state index contributed by atoms with van der Waals surface area (Å²) in [5, 5.41) is 0. The third-order valence-electron chi connectivity index (χ3n) is 28.4.